The summed E-state index contributed by atoms with van der Waals surface area (Å²) in [6.45, 7) is 7.44. The van der Waals surface area contributed by atoms with Crippen molar-refractivity contribution < 1.29 is 9.63 Å². The molecular weight excluding hydrogens is 242 g/mol. The molecule has 0 aromatic carbocycles. The van der Waals surface area contributed by atoms with E-state index in [0.717, 1.165) is 31.5 Å². The van der Waals surface area contributed by atoms with Crippen LogP contribution >= 0.6 is 0 Å². The first kappa shape index (κ1) is 14.5. The van der Waals surface area contributed by atoms with Crippen LogP contribution in [-0.2, 0) is 12.0 Å². The highest BCUT2D eigenvalue weighted by Crippen LogP contribution is 2.30. The van der Waals surface area contributed by atoms with E-state index in [1.807, 2.05) is 7.05 Å². The van der Waals surface area contributed by atoms with Crippen molar-refractivity contribution in [2.75, 3.05) is 13.6 Å². The van der Waals surface area contributed by atoms with Crippen molar-refractivity contribution in [3.05, 3.63) is 11.7 Å². The zero-order valence-corrected chi connectivity index (χ0v) is 12.4. The number of likely N-dealkylation sites (N-methyl/N-ethyl adjacent to an activating group) is 1. The molecule has 1 fully saturated rings. The SMILES string of the molecule is CN(Cc1nc(C(C)(C)C)no1)CC1(O)CCCC1. The van der Waals surface area contributed by atoms with Gasteiger partial charge in [0.2, 0.25) is 5.89 Å². The minimum absolute atomic E-state index is 0.0933. The molecule has 0 radical (unpaired) electrons. The number of aliphatic hydroxyl groups is 1. The molecule has 19 heavy (non-hydrogen) atoms. The van der Waals surface area contributed by atoms with Gasteiger partial charge in [0.15, 0.2) is 5.82 Å². The van der Waals surface area contributed by atoms with Crippen LogP contribution in [-0.4, -0.2) is 39.3 Å². The molecule has 0 unspecified atom stereocenters. The molecule has 0 spiro atoms. The highest BCUT2D eigenvalue weighted by Gasteiger charge is 2.32. The monoisotopic (exact) mass is 267 g/mol. The molecule has 2 rings (SSSR count). The van der Waals surface area contributed by atoms with Crippen LogP contribution in [0.3, 0.4) is 0 Å². The van der Waals surface area contributed by atoms with Crippen LogP contribution in [0.15, 0.2) is 4.52 Å². The van der Waals surface area contributed by atoms with Crippen molar-refractivity contribution in [1.82, 2.24) is 15.0 Å². The second-order valence-corrected chi connectivity index (χ2v) is 6.87. The zero-order valence-electron chi connectivity index (χ0n) is 12.4. The Hall–Kier alpha value is -0.940. The third-order valence-electron chi connectivity index (χ3n) is 3.64. The second kappa shape index (κ2) is 5.21. The Balaban J connectivity index is 1.92. The van der Waals surface area contributed by atoms with Gasteiger partial charge >= 0.3 is 0 Å². The Labute approximate surface area is 115 Å². The summed E-state index contributed by atoms with van der Waals surface area (Å²) in [7, 11) is 1.98. The maximum atomic E-state index is 10.4. The summed E-state index contributed by atoms with van der Waals surface area (Å²) in [5, 5.41) is 14.4. The van der Waals surface area contributed by atoms with Crippen LogP contribution in [0.1, 0.15) is 58.2 Å². The molecule has 108 valence electrons. The topological polar surface area (TPSA) is 62.4 Å². The van der Waals surface area contributed by atoms with Crippen molar-refractivity contribution in [2.24, 2.45) is 0 Å². The van der Waals surface area contributed by atoms with E-state index in [1.54, 1.807) is 0 Å². The van der Waals surface area contributed by atoms with E-state index in [4.69, 9.17) is 4.52 Å². The van der Waals surface area contributed by atoms with Crippen LogP contribution in [0.5, 0.6) is 0 Å². The first-order valence-corrected chi connectivity index (χ1v) is 7.03. The molecule has 1 aromatic heterocycles. The number of nitrogens with zero attached hydrogens (tertiary/aromatic N) is 3. The first-order chi connectivity index (χ1) is 8.78. The van der Waals surface area contributed by atoms with E-state index in [-0.39, 0.29) is 5.41 Å². The Morgan fingerprint density at radius 1 is 1.32 bits per heavy atom. The van der Waals surface area contributed by atoms with Gasteiger partial charge in [0, 0.05) is 12.0 Å². The average molecular weight is 267 g/mol. The van der Waals surface area contributed by atoms with Crippen molar-refractivity contribution in [1.29, 1.82) is 0 Å². The highest BCUT2D eigenvalue weighted by molar-refractivity contribution is 5.00. The van der Waals surface area contributed by atoms with Gasteiger partial charge in [-0.2, -0.15) is 4.98 Å². The summed E-state index contributed by atoms with van der Waals surface area (Å²) >= 11 is 0. The molecule has 1 aromatic rings. The average Bonchev–Trinajstić information content (AvgIpc) is 2.86. The molecule has 1 aliphatic carbocycles. The Morgan fingerprint density at radius 2 is 1.95 bits per heavy atom. The van der Waals surface area contributed by atoms with Crippen molar-refractivity contribution in [2.45, 2.75) is 64.0 Å². The Kier molecular flexibility index (Phi) is 3.97. The summed E-state index contributed by atoms with van der Waals surface area (Å²) in [4.78, 5) is 6.48. The van der Waals surface area contributed by atoms with Crippen LogP contribution < -0.4 is 0 Å². The second-order valence-electron chi connectivity index (χ2n) is 6.87. The molecule has 0 bridgehead atoms. The van der Waals surface area contributed by atoms with E-state index in [9.17, 15) is 5.11 Å². The van der Waals surface area contributed by atoms with Gasteiger partial charge in [-0.15, -0.1) is 0 Å². The maximum absolute atomic E-state index is 10.4. The van der Waals surface area contributed by atoms with Gasteiger partial charge in [0.25, 0.3) is 0 Å². The summed E-state index contributed by atoms with van der Waals surface area (Å²) in [5.74, 6) is 1.35. The van der Waals surface area contributed by atoms with Gasteiger partial charge < -0.3 is 9.63 Å². The normalized spacial score (nSPS) is 19.3. The van der Waals surface area contributed by atoms with Crippen molar-refractivity contribution >= 4 is 0 Å². The summed E-state index contributed by atoms with van der Waals surface area (Å²) in [6.07, 6.45) is 4.04. The molecule has 1 heterocycles. The summed E-state index contributed by atoms with van der Waals surface area (Å²) < 4.78 is 5.27. The molecule has 5 heteroatoms. The van der Waals surface area contributed by atoms with E-state index >= 15 is 0 Å². The van der Waals surface area contributed by atoms with Crippen molar-refractivity contribution in [3.63, 3.8) is 0 Å². The molecule has 5 nitrogen and oxygen atoms in total. The lowest BCUT2D eigenvalue weighted by Gasteiger charge is -2.27. The fourth-order valence-electron chi connectivity index (χ4n) is 2.60. The minimum atomic E-state index is -0.526. The quantitative estimate of drug-likeness (QED) is 0.905. The zero-order chi connectivity index (χ0) is 14.1. The molecule has 1 aliphatic rings. The van der Waals surface area contributed by atoms with E-state index < -0.39 is 5.60 Å². The minimum Gasteiger partial charge on any atom is -0.389 e. The van der Waals surface area contributed by atoms with Crippen LogP contribution in [0.4, 0.5) is 0 Å². The molecule has 0 atom stereocenters. The molecule has 0 saturated heterocycles. The first-order valence-electron chi connectivity index (χ1n) is 7.03. The fourth-order valence-corrected chi connectivity index (χ4v) is 2.60. The molecular formula is C14H25N3O2. The van der Waals surface area contributed by atoms with Gasteiger partial charge in [-0.25, -0.2) is 0 Å². The lowest BCUT2D eigenvalue weighted by molar-refractivity contribution is 0.0124. The van der Waals surface area contributed by atoms with Gasteiger partial charge in [0.05, 0.1) is 12.1 Å². The molecule has 0 aliphatic heterocycles. The van der Waals surface area contributed by atoms with E-state index in [0.29, 0.717) is 19.0 Å². The van der Waals surface area contributed by atoms with Crippen molar-refractivity contribution in [3.8, 4) is 0 Å². The highest BCUT2D eigenvalue weighted by atomic mass is 16.5. The predicted octanol–water partition coefficient (Wildman–Crippen LogP) is 2.10. The van der Waals surface area contributed by atoms with Gasteiger partial charge in [-0.05, 0) is 19.9 Å². The maximum Gasteiger partial charge on any atom is 0.240 e. The fraction of sp³-hybridized carbons (Fsp3) is 0.857. The van der Waals surface area contributed by atoms with E-state index in [1.165, 1.54) is 0 Å². The largest absolute Gasteiger partial charge is 0.389 e. The molecule has 0 amide bonds. The lowest BCUT2D eigenvalue weighted by atomic mass is 9.96. The van der Waals surface area contributed by atoms with E-state index in [2.05, 4.69) is 35.8 Å². The van der Waals surface area contributed by atoms with Crippen LogP contribution in [0.2, 0.25) is 0 Å². The number of aromatic nitrogens is 2. The Bertz CT molecular complexity index is 417. The van der Waals surface area contributed by atoms with Crippen LogP contribution in [0.25, 0.3) is 0 Å². The van der Waals surface area contributed by atoms with Crippen LogP contribution in [0, 0.1) is 0 Å². The molecule has 1 N–H and O–H groups in total. The van der Waals surface area contributed by atoms with Gasteiger partial charge in [-0.3, -0.25) is 4.90 Å². The lowest BCUT2D eigenvalue weighted by Crippen LogP contribution is -2.38. The third-order valence-corrected chi connectivity index (χ3v) is 3.64. The smallest absolute Gasteiger partial charge is 0.240 e. The number of hydrogen-bond acceptors (Lipinski definition) is 5. The summed E-state index contributed by atoms with van der Waals surface area (Å²) in [6, 6.07) is 0. The van der Waals surface area contributed by atoms with Gasteiger partial charge in [-0.1, -0.05) is 38.8 Å². The number of hydrogen-bond donors (Lipinski definition) is 1. The number of rotatable bonds is 4. The van der Waals surface area contributed by atoms with Gasteiger partial charge in [0.1, 0.15) is 0 Å². The Morgan fingerprint density at radius 3 is 2.47 bits per heavy atom. The third kappa shape index (κ3) is 3.76. The molecule has 1 saturated carbocycles. The standard InChI is InChI=1S/C14H25N3O2/c1-13(2,3)12-15-11(19-16-12)9-17(4)10-14(18)7-5-6-8-14/h18H,5-10H2,1-4H3. The predicted molar refractivity (Wildman–Crippen MR) is 72.7 cm³/mol. The summed E-state index contributed by atoms with van der Waals surface area (Å²) in [5.41, 5.74) is -0.619.